The Balaban J connectivity index is 2.10. The molecule has 0 heterocycles. The van der Waals surface area contributed by atoms with E-state index in [-0.39, 0.29) is 6.10 Å². The molecule has 0 bridgehead atoms. The molecule has 0 aliphatic carbocycles. The first kappa shape index (κ1) is 11.6. The fourth-order valence-corrected chi connectivity index (χ4v) is 2.20. The number of hydrogen-bond acceptors (Lipinski definition) is 2. The van der Waals surface area contributed by atoms with Gasteiger partial charge < -0.3 is 5.11 Å². The molecule has 0 aromatic heterocycles. The third kappa shape index (κ3) is 4.68. The van der Waals surface area contributed by atoms with Gasteiger partial charge in [0.15, 0.2) is 0 Å². The zero-order chi connectivity index (χ0) is 10.2. The number of hydrogen-bond donors (Lipinski definition) is 1. The van der Waals surface area contributed by atoms with Gasteiger partial charge in [0.05, 0.1) is 6.10 Å². The molecule has 2 heteroatoms. The van der Waals surface area contributed by atoms with Crippen LogP contribution in [0, 0.1) is 0 Å². The fraction of sp³-hybridized carbons (Fsp3) is 0.500. The van der Waals surface area contributed by atoms with Gasteiger partial charge >= 0.3 is 0 Å². The summed E-state index contributed by atoms with van der Waals surface area (Å²) in [4.78, 5) is 0. The van der Waals surface area contributed by atoms with Crippen LogP contribution in [0.2, 0.25) is 0 Å². The molecule has 0 fully saturated rings. The topological polar surface area (TPSA) is 20.2 Å². The van der Waals surface area contributed by atoms with E-state index in [1.807, 2.05) is 24.8 Å². The second-order valence-electron chi connectivity index (χ2n) is 3.39. The van der Waals surface area contributed by atoms with E-state index >= 15 is 0 Å². The lowest BCUT2D eigenvalue weighted by atomic mass is 10.2. The molecule has 1 N–H and O–H groups in total. The van der Waals surface area contributed by atoms with Crippen molar-refractivity contribution in [3.63, 3.8) is 0 Å². The quantitative estimate of drug-likeness (QED) is 0.728. The minimum atomic E-state index is -0.113. The van der Waals surface area contributed by atoms with Crippen LogP contribution in [0.1, 0.15) is 25.3 Å². The van der Waals surface area contributed by atoms with Gasteiger partial charge in [-0.2, -0.15) is 11.8 Å². The molecule has 0 radical (unpaired) electrons. The minimum Gasteiger partial charge on any atom is -0.393 e. The monoisotopic (exact) mass is 210 g/mol. The van der Waals surface area contributed by atoms with E-state index in [1.165, 1.54) is 5.56 Å². The summed E-state index contributed by atoms with van der Waals surface area (Å²) in [5.41, 5.74) is 1.36. The van der Waals surface area contributed by atoms with Crippen molar-refractivity contribution < 1.29 is 5.11 Å². The van der Waals surface area contributed by atoms with Crippen LogP contribution in [0.5, 0.6) is 0 Å². The largest absolute Gasteiger partial charge is 0.393 e. The molecule has 0 saturated carbocycles. The minimum absolute atomic E-state index is 0.113. The molecular weight excluding hydrogens is 192 g/mol. The van der Waals surface area contributed by atoms with Crippen LogP contribution in [0.4, 0.5) is 0 Å². The molecule has 0 amide bonds. The van der Waals surface area contributed by atoms with Gasteiger partial charge in [0.25, 0.3) is 0 Å². The van der Waals surface area contributed by atoms with Crippen molar-refractivity contribution in [3.8, 4) is 0 Å². The number of benzene rings is 1. The Kier molecular flexibility index (Phi) is 5.72. The van der Waals surface area contributed by atoms with Crippen molar-refractivity contribution >= 4 is 11.8 Å². The molecule has 0 saturated heterocycles. The Morgan fingerprint density at radius 2 is 2.00 bits per heavy atom. The van der Waals surface area contributed by atoms with Gasteiger partial charge in [0.1, 0.15) is 0 Å². The summed E-state index contributed by atoms with van der Waals surface area (Å²) in [5, 5.41) is 9.34. The summed E-state index contributed by atoms with van der Waals surface area (Å²) in [5.74, 6) is 2.10. The zero-order valence-electron chi connectivity index (χ0n) is 8.65. The smallest absolute Gasteiger partial charge is 0.0545 e. The Bertz CT molecular complexity index is 235. The number of rotatable bonds is 6. The molecule has 1 rings (SSSR count). The predicted octanol–water partition coefficient (Wildman–Crippen LogP) is 3.08. The van der Waals surface area contributed by atoms with Gasteiger partial charge in [-0.15, -0.1) is 0 Å². The lowest BCUT2D eigenvalue weighted by Gasteiger charge is -2.06. The van der Waals surface area contributed by atoms with Gasteiger partial charge in [0.2, 0.25) is 0 Å². The van der Waals surface area contributed by atoms with Crippen LogP contribution in [-0.4, -0.2) is 17.0 Å². The average Bonchev–Trinajstić information content (AvgIpc) is 2.25. The SMILES string of the molecule is CC[C@@H](O)CCSCc1ccccc1. The Morgan fingerprint density at radius 3 is 2.64 bits per heavy atom. The molecule has 1 atom stereocenters. The molecule has 0 unspecified atom stereocenters. The van der Waals surface area contributed by atoms with Crippen LogP contribution in [-0.2, 0) is 5.75 Å². The predicted molar refractivity (Wildman–Crippen MR) is 63.5 cm³/mol. The maximum Gasteiger partial charge on any atom is 0.0545 e. The van der Waals surface area contributed by atoms with Crippen LogP contribution in [0.15, 0.2) is 30.3 Å². The van der Waals surface area contributed by atoms with Crippen molar-refractivity contribution in [1.82, 2.24) is 0 Å². The third-order valence-electron chi connectivity index (χ3n) is 2.18. The molecule has 0 aliphatic rings. The highest BCUT2D eigenvalue weighted by atomic mass is 32.2. The number of aliphatic hydroxyl groups excluding tert-OH is 1. The van der Waals surface area contributed by atoms with Gasteiger partial charge in [-0.25, -0.2) is 0 Å². The van der Waals surface area contributed by atoms with Crippen molar-refractivity contribution in [2.75, 3.05) is 5.75 Å². The summed E-state index contributed by atoms with van der Waals surface area (Å²) in [6.07, 6.45) is 1.66. The normalized spacial score (nSPS) is 12.7. The molecule has 1 aromatic carbocycles. The highest BCUT2D eigenvalue weighted by Crippen LogP contribution is 2.13. The van der Waals surface area contributed by atoms with E-state index in [1.54, 1.807) is 0 Å². The third-order valence-corrected chi connectivity index (χ3v) is 3.24. The van der Waals surface area contributed by atoms with Gasteiger partial charge in [0, 0.05) is 5.75 Å². The molecule has 1 aromatic rings. The van der Waals surface area contributed by atoms with Crippen molar-refractivity contribution in [2.24, 2.45) is 0 Å². The highest BCUT2D eigenvalue weighted by molar-refractivity contribution is 7.98. The van der Waals surface area contributed by atoms with Crippen molar-refractivity contribution in [2.45, 2.75) is 31.6 Å². The Morgan fingerprint density at radius 1 is 1.29 bits per heavy atom. The van der Waals surface area contributed by atoms with E-state index in [9.17, 15) is 5.11 Å². The van der Waals surface area contributed by atoms with E-state index in [0.29, 0.717) is 0 Å². The zero-order valence-corrected chi connectivity index (χ0v) is 9.46. The Hall–Kier alpha value is -0.470. The van der Waals surface area contributed by atoms with Crippen molar-refractivity contribution in [1.29, 1.82) is 0 Å². The summed E-state index contributed by atoms with van der Waals surface area (Å²) in [6.45, 7) is 2.02. The summed E-state index contributed by atoms with van der Waals surface area (Å²) in [6, 6.07) is 10.5. The lowest BCUT2D eigenvalue weighted by molar-refractivity contribution is 0.167. The van der Waals surface area contributed by atoms with Crippen LogP contribution >= 0.6 is 11.8 Å². The maximum absolute atomic E-state index is 9.34. The first-order valence-corrected chi connectivity index (χ1v) is 6.28. The van der Waals surface area contributed by atoms with Crippen LogP contribution in [0.25, 0.3) is 0 Å². The number of thioether (sulfide) groups is 1. The van der Waals surface area contributed by atoms with Crippen molar-refractivity contribution in [3.05, 3.63) is 35.9 Å². The summed E-state index contributed by atoms with van der Waals surface area (Å²) in [7, 11) is 0. The van der Waals surface area contributed by atoms with Gasteiger partial charge in [-0.05, 0) is 24.2 Å². The second kappa shape index (κ2) is 6.91. The van der Waals surface area contributed by atoms with Gasteiger partial charge in [-0.1, -0.05) is 37.3 Å². The van der Waals surface area contributed by atoms with E-state index in [4.69, 9.17) is 0 Å². The Labute approximate surface area is 90.5 Å². The van der Waals surface area contributed by atoms with Crippen LogP contribution < -0.4 is 0 Å². The average molecular weight is 210 g/mol. The molecule has 0 spiro atoms. The van der Waals surface area contributed by atoms with Gasteiger partial charge in [-0.3, -0.25) is 0 Å². The van der Waals surface area contributed by atoms with Crippen LogP contribution in [0.3, 0.4) is 0 Å². The first-order valence-electron chi connectivity index (χ1n) is 5.12. The molecule has 78 valence electrons. The standard InChI is InChI=1S/C12H18OS/c1-2-12(13)8-9-14-10-11-6-4-3-5-7-11/h3-7,12-13H,2,8-10H2,1H3/t12-/m1/s1. The fourth-order valence-electron chi connectivity index (χ4n) is 1.19. The molecule has 0 aliphatic heterocycles. The summed E-state index contributed by atoms with van der Waals surface area (Å²) >= 11 is 1.89. The van der Waals surface area contributed by atoms with E-state index in [0.717, 1.165) is 24.3 Å². The number of aliphatic hydroxyl groups is 1. The molecule has 14 heavy (non-hydrogen) atoms. The summed E-state index contributed by atoms with van der Waals surface area (Å²) < 4.78 is 0. The van der Waals surface area contributed by atoms with E-state index in [2.05, 4.69) is 24.3 Å². The highest BCUT2D eigenvalue weighted by Gasteiger charge is 1.99. The molecule has 1 nitrogen and oxygen atoms in total. The lowest BCUT2D eigenvalue weighted by Crippen LogP contribution is -2.05. The molecular formula is C12H18OS. The first-order chi connectivity index (χ1) is 6.83. The van der Waals surface area contributed by atoms with E-state index < -0.39 is 0 Å². The maximum atomic E-state index is 9.34. The second-order valence-corrected chi connectivity index (χ2v) is 4.49.